The van der Waals surface area contributed by atoms with Crippen LogP contribution in [0.15, 0.2) is 23.8 Å². The second-order valence-corrected chi connectivity index (χ2v) is 9.09. The molecule has 0 aromatic carbocycles. The second kappa shape index (κ2) is 11.6. The molecule has 2 aliphatic carbocycles. The van der Waals surface area contributed by atoms with Crippen LogP contribution >= 0.6 is 0 Å². The van der Waals surface area contributed by atoms with Gasteiger partial charge in [0, 0.05) is 32.9 Å². The van der Waals surface area contributed by atoms with Crippen molar-refractivity contribution in [3.8, 4) is 11.8 Å². The van der Waals surface area contributed by atoms with Gasteiger partial charge >= 0.3 is 0 Å². The minimum atomic E-state index is -0.511. The third kappa shape index (κ3) is 7.01. The topological polar surface area (TPSA) is 60.8 Å². The van der Waals surface area contributed by atoms with E-state index >= 15 is 0 Å². The molecule has 4 heteroatoms. The summed E-state index contributed by atoms with van der Waals surface area (Å²) in [7, 11) is 3.61. The lowest BCUT2D eigenvalue weighted by atomic mass is 9.89. The molecule has 2 saturated carbocycles. The summed E-state index contributed by atoms with van der Waals surface area (Å²) < 4.78 is 0. The first-order valence-electron chi connectivity index (χ1n) is 11.2. The number of amides is 1. The van der Waals surface area contributed by atoms with Crippen molar-refractivity contribution < 1.29 is 15.0 Å². The molecule has 4 nitrogen and oxygen atoms in total. The Bertz CT molecular complexity index is 655. The monoisotopic (exact) mass is 401 g/mol. The Kier molecular flexibility index (Phi) is 9.46. The van der Waals surface area contributed by atoms with Gasteiger partial charge in [0.05, 0.1) is 12.2 Å². The van der Waals surface area contributed by atoms with Crippen LogP contribution in [0.5, 0.6) is 0 Å². The van der Waals surface area contributed by atoms with Crippen molar-refractivity contribution >= 4 is 5.91 Å². The number of hydrogen-bond donors (Lipinski definition) is 2. The summed E-state index contributed by atoms with van der Waals surface area (Å²) in [6.45, 7) is 3.83. The lowest BCUT2D eigenvalue weighted by Gasteiger charge is -2.19. The number of carbonyl (C=O) groups is 1. The number of rotatable bonds is 9. The Hall–Kier alpha value is -1.57. The first kappa shape index (κ1) is 23.7. The highest BCUT2D eigenvalue weighted by atomic mass is 16.3. The minimum absolute atomic E-state index is 0.103. The fourth-order valence-electron chi connectivity index (χ4n) is 4.71. The van der Waals surface area contributed by atoms with Gasteiger partial charge in [-0.15, -0.1) is 11.8 Å². The van der Waals surface area contributed by atoms with Crippen molar-refractivity contribution in [3.63, 3.8) is 0 Å². The van der Waals surface area contributed by atoms with Crippen molar-refractivity contribution in [2.45, 2.75) is 77.4 Å². The minimum Gasteiger partial charge on any atom is -0.392 e. The first-order valence-corrected chi connectivity index (χ1v) is 11.2. The van der Waals surface area contributed by atoms with Gasteiger partial charge in [-0.25, -0.2) is 0 Å². The summed E-state index contributed by atoms with van der Waals surface area (Å²) in [6, 6.07) is 0. The van der Waals surface area contributed by atoms with E-state index in [1.807, 2.05) is 19.9 Å². The summed E-state index contributed by atoms with van der Waals surface area (Å²) >= 11 is 0. The Labute approximate surface area is 177 Å². The van der Waals surface area contributed by atoms with Crippen LogP contribution in [0.25, 0.3) is 0 Å². The van der Waals surface area contributed by atoms with Gasteiger partial charge in [-0.3, -0.25) is 4.79 Å². The molecule has 2 rings (SSSR count). The van der Waals surface area contributed by atoms with Gasteiger partial charge in [-0.2, -0.15) is 0 Å². The quantitative estimate of drug-likeness (QED) is 0.350. The van der Waals surface area contributed by atoms with E-state index in [1.165, 1.54) is 5.57 Å². The van der Waals surface area contributed by atoms with Gasteiger partial charge in [-0.05, 0) is 63.2 Å². The zero-order valence-electron chi connectivity index (χ0n) is 18.6. The molecule has 2 aliphatic rings. The predicted molar refractivity (Wildman–Crippen MR) is 118 cm³/mol. The maximum absolute atomic E-state index is 11.6. The van der Waals surface area contributed by atoms with Crippen molar-refractivity contribution in [2.24, 2.45) is 23.7 Å². The normalized spacial score (nSPS) is 29.5. The zero-order chi connectivity index (χ0) is 21.4. The number of fused-ring (bicyclic) bond motifs is 1. The summed E-state index contributed by atoms with van der Waals surface area (Å²) in [5.41, 5.74) is 1.51. The van der Waals surface area contributed by atoms with Crippen LogP contribution in [0.4, 0.5) is 0 Å². The first-order chi connectivity index (χ1) is 13.8. The third-order valence-corrected chi connectivity index (χ3v) is 6.60. The molecule has 162 valence electrons. The predicted octanol–water partition coefficient (Wildman–Crippen LogP) is 3.94. The molecule has 0 saturated heterocycles. The number of hydrogen-bond acceptors (Lipinski definition) is 3. The summed E-state index contributed by atoms with van der Waals surface area (Å²) in [4.78, 5) is 13.3. The van der Waals surface area contributed by atoms with E-state index in [-0.39, 0.29) is 23.8 Å². The number of nitrogens with zero attached hydrogens (tertiary/aromatic N) is 1. The fourth-order valence-corrected chi connectivity index (χ4v) is 4.71. The van der Waals surface area contributed by atoms with Crippen LogP contribution in [0, 0.1) is 35.5 Å². The highest BCUT2D eigenvalue weighted by molar-refractivity contribution is 5.75. The average molecular weight is 402 g/mol. The van der Waals surface area contributed by atoms with Gasteiger partial charge in [0.15, 0.2) is 0 Å². The second-order valence-electron chi connectivity index (χ2n) is 9.09. The summed E-state index contributed by atoms with van der Waals surface area (Å²) in [5.74, 6) is 7.40. The lowest BCUT2D eigenvalue weighted by Crippen LogP contribution is -2.20. The van der Waals surface area contributed by atoms with Crippen LogP contribution in [0.1, 0.15) is 65.2 Å². The molecule has 6 atom stereocenters. The molecule has 0 aromatic heterocycles. The molecule has 2 N–H and O–H groups in total. The molecule has 2 fully saturated rings. The Morgan fingerprint density at radius 1 is 1.31 bits per heavy atom. The number of carbonyl (C=O) groups excluding carboxylic acids is 1. The van der Waals surface area contributed by atoms with Gasteiger partial charge in [0.1, 0.15) is 0 Å². The van der Waals surface area contributed by atoms with E-state index in [9.17, 15) is 15.0 Å². The van der Waals surface area contributed by atoms with Crippen LogP contribution in [0.2, 0.25) is 0 Å². The fraction of sp³-hybridized carbons (Fsp3) is 0.720. The third-order valence-electron chi connectivity index (χ3n) is 6.60. The molecule has 0 bridgehead atoms. The number of aliphatic hydroxyl groups is 2. The average Bonchev–Trinajstić information content (AvgIpc) is 3.19. The van der Waals surface area contributed by atoms with Crippen molar-refractivity contribution in [3.05, 3.63) is 23.8 Å². The molecular formula is C25H39NO3. The molecule has 0 spiro atoms. The molecule has 0 radical (unpaired) electrons. The van der Waals surface area contributed by atoms with E-state index in [4.69, 9.17) is 0 Å². The van der Waals surface area contributed by atoms with E-state index in [1.54, 1.807) is 19.0 Å². The smallest absolute Gasteiger partial charge is 0.222 e. The maximum Gasteiger partial charge on any atom is 0.222 e. The largest absolute Gasteiger partial charge is 0.392 e. The van der Waals surface area contributed by atoms with Gasteiger partial charge in [0.2, 0.25) is 5.91 Å². The Morgan fingerprint density at radius 2 is 2.07 bits per heavy atom. The number of allylic oxidation sites excluding steroid dienone is 2. The Morgan fingerprint density at radius 3 is 2.76 bits per heavy atom. The van der Waals surface area contributed by atoms with Crippen LogP contribution in [0.3, 0.4) is 0 Å². The van der Waals surface area contributed by atoms with Crippen LogP contribution in [-0.4, -0.2) is 47.3 Å². The number of unbranched alkanes of at least 4 members (excludes halogenated alkanes) is 2. The molecule has 1 amide bonds. The molecule has 0 heterocycles. The molecule has 0 unspecified atom stereocenters. The van der Waals surface area contributed by atoms with Crippen LogP contribution in [-0.2, 0) is 4.79 Å². The van der Waals surface area contributed by atoms with E-state index in [0.29, 0.717) is 24.7 Å². The number of aliphatic hydroxyl groups excluding tert-OH is 2. The SMILES string of the molecule is CC#CC[C@@H](C)[C@H](O)C=C[C@@H]1[C@H]2CC(=CCCCCC(=O)N(C)C)C[C@H]2C[C@H]1O. The lowest BCUT2D eigenvalue weighted by molar-refractivity contribution is -0.128. The van der Waals surface area contributed by atoms with E-state index < -0.39 is 6.10 Å². The van der Waals surface area contributed by atoms with Crippen molar-refractivity contribution in [1.82, 2.24) is 4.90 Å². The highest BCUT2D eigenvalue weighted by Crippen LogP contribution is 2.50. The van der Waals surface area contributed by atoms with Crippen molar-refractivity contribution in [2.75, 3.05) is 14.1 Å². The maximum atomic E-state index is 11.6. The van der Waals surface area contributed by atoms with Crippen molar-refractivity contribution in [1.29, 1.82) is 0 Å². The van der Waals surface area contributed by atoms with Gasteiger partial charge in [-0.1, -0.05) is 30.7 Å². The van der Waals surface area contributed by atoms with Crippen LogP contribution < -0.4 is 0 Å². The summed E-state index contributed by atoms with van der Waals surface area (Å²) in [6.07, 6.45) is 12.9. The molecule has 29 heavy (non-hydrogen) atoms. The zero-order valence-corrected chi connectivity index (χ0v) is 18.6. The van der Waals surface area contributed by atoms with E-state index in [2.05, 4.69) is 24.0 Å². The standard InChI is InChI=1S/C25H39NO3/c1-5-6-10-18(2)23(27)14-13-21-22-16-19(15-20(22)17-24(21)28)11-8-7-9-12-25(29)26(3)4/h11,13-14,18,20-24,27-28H,7-10,12,15-17H2,1-4H3/t18-,20+,21-,22+,23-,24-/m1/s1. The van der Waals surface area contributed by atoms with Gasteiger partial charge in [0.25, 0.3) is 0 Å². The highest BCUT2D eigenvalue weighted by Gasteiger charge is 2.44. The molecule has 0 aromatic rings. The van der Waals surface area contributed by atoms with E-state index in [0.717, 1.165) is 38.5 Å². The molecular weight excluding hydrogens is 362 g/mol. The molecule has 0 aliphatic heterocycles. The summed E-state index contributed by atoms with van der Waals surface area (Å²) in [5, 5.41) is 20.9. The Balaban J connectivity index is 1.82. The van der Waals surface area contributed by atoms with Gasteiger partial charge < -0.3 is 15.1 Å².